The molecule has 6 nitrogen and oxygen atoms in total. The molecular weight excluding hydrogens is 510 g/mol. The zero-order valence-electron chi connectivity index (χ0n) is 21.6. The number of thiophene rings is 1. The summed E-state index contributed by atoms with van der Waals surface area (Å²) in [6.07, 6.45) is 10.1. The number of nitrogens with zero attached hydrogens (tertiary/aromatic N) is 3. The number of nitrogens with one attached hydrogen (secondary N) is 1. The maximum absolute atomic E-state index is 10.2. The summed E-state index contributed by atoms with van der Waals surface area (Å²) in [5.74, 6) is 0.283. The van der Waals surface area contributed by atoms with Gasteiger partial charge in [-0.2, -0.15) is 5.26 Å². The van der Waals surface area contributed by atoms with E-state index < -0.39 is 6.29 Å². The summed E-state index contributed by atoms with van der Waals surface area (Å²) in [6, 6.07) is 21.7. The molecule has 2 atom stereocenters. The Hall–Kier alpha value is -3.77. The summed E-state index contributed by atoms with van der Waals surface area (Å²) in [6.45, 7) is 2.15. The fourth-order valence-corrected chi connectivity index (χ4v) is 6.35. The van der Waals surface area contributed by atoms with Gasteiger partial charge >= 0.3 is 0 Å². The monoisotopic (exact) mass is 541 g/mol. The number of allylic oxidation sites excluding steroid dienone is 1. The second kappa shape index (κ2) is 12.7. The Morgan fingerprint density at radius 2 is 1.87 bits per heavy atom. The first kappa shape index (κ1) is 27.3. The number of anilines is 1. The number of pyridine rings is 1. The lowest BCUT2D eigenvalue weighted by Crippen LogP contribution is -2.42. The van der Waals surface area contributed by atoms with Crippen molar-refractivity contribution in [3.8, 4) is 34.1 Å². The van der Waals surface area contributed by atoms with E-state index in [1.807, 2.05) is 48.7 Å². The maximum Gasteiger partial charge on any atom is 0.152 e. The van der Waals surface area contributed by atoms with E-state index in [0.717, 1.165) is 44.1 Å². The van der Waals surface area contributed by atoms with Crippen molar-refractivity contribution in [3.05, 3.63) is 95.8 Å². The Morgan fingerprint density at radius 1 is 1.13 bits per heavy atom. The molecule has 2 heterocycles. The Balaban J connectivity index is 1.66. The highest BCUT2D eigenvalue weighted by Gasteiger charge is 2.24. The van der Waals surface area contributed by atoms with Crippen LogP contribution in [-0.2, 0) is 0 Å². The second-order valence-corrected chi connectivity index (χ2v) is 10.9. The molecule has 0 fully saturated rings. The normalized spacial score (nSPS) is 12.7. The van der Waals surface area contributed by atoms with Crippen molar-refractivity contribution in [2.75, 3.05) is 18.6 Å². The van der Waals surface area contributed by atoms with Crippen LogP contribution in [-0.4, -0.2) is 34.6 Å². The molecule has 4 aromatic rings. The van der Waals surface area contributed by atoms with Gasteiger partial charge in [0.25, 0.3) is 0 Å². The number of hydrogen-bond donors (Lipinski definition) is 3. The van der Waals surface area contributed by atoms with E-state index in [2.05, 4.69) is 47.6 Å². The van der Waals surface area contributed by atoms with Crippen LogP contribution in [0.2, 0.25) is 0 Å². The fourth-order valence-electron chi connectivity index (χ4n) is 4.23. The number of thioether (sulfide) groups is 1. The average molecular weight is 542 g/mol. The van der Waals surface area contributed by atoms with E-state index in [0.29, 0.717) is 0 Å². The number of rotatable bonds is 10. The molecule has 38 heavy (non-hydrogen) atoms. The largest absolute Gasteiger partial charge is 0.508 e. The second-order valence-electron chi connectivity index (χ2n) is 8.80. The van der Waals surface area contributed by atoms with Crippen LogP contribution in [0.3, 0.4) is 0 Å². The van der Waals surface area contributed by atoms with Crippen LogP contribution < -0.4 is 11.1 Å². The zero-order valence-corrected chi connectivity index (χ0v) is 23.3. The van der Waals surface area contributed by atoms with Gasteiger partial charge in [0.15, 0.2) is 6.29 Å². The van der Waals surface area contributed by atoms with E-state index in [1.165, 1.54) is 4.88 Å². The number of nitrogens with two attached hydrogens (primary N) is 1. The fraction of sp³-hybridized carbons (Fsp3) is 0.200. The minimum atomic E-state index is -0.484. The molecule has 0 aliphatic rings. The molecule has 0 saturated carbocycles. The van der Waals surface area contributed by atoms with E-state index in [1.54, 1.807) is 53.7 Å². The lowest BCUT2D eigenvalue weighted by atomic mass is 9.92. The summed E-state index contributed by atoms with van der Waals surface area (Å²) < 4.78 is 1.02. The van der Waals surface area contributed by atoms with Gasteiger partial charge in [-0.1, -0.05) is 37.3 Å². The molecule has 4 rings (SSSR count). The number of nitriles is 1. The van der Waals surface area contributed by atoms with Crippen LogP contribution in [0, 0.1) is 11.3 Å². The first-order chi connectivity index (χ1) is 18.4. The van der Waals surface area contributed by atoms with Crippen LogP contribution >= 0.6 is 23.1 Å². The molecule has 2 unspecified atom stereocenters. The van der Waals surface area contributed by atoms with Crippen molar-refractivity contribution in [1.29, 1.82) is 5.26 Å². The van der Waals surface area contributed by atoms with Crippen molar-refractivity contribution in [2.45, 2.75) is 29.8 Å². The van der Waals surface area contributed by atoms with Gasteiger partial charge in [-0.05, 0) is 65.9 Å². The molecule has 0 aliphatic heterocycles. The van der Waals surface area contributed by atoms with Gasteiger partial charge in [0.05, 0.1) is 9.77 Å². The third-order valence-electron chi connectivity index (χ3n) is 6.29. The van der Waals surface area contributed by atoms with Crippen molar-refractivity contribution < 1.29 is 5.11 Å². The molecule has 8 heteroatoms. The molecule has 0 aliphatic carbocycles. The minimum absolute atomic E-state index is 0.100. The average Bonchev–Trinajstić information content (AvgIpc) is 3.32. The summed E-state index contributed by atoms with van der Waals surface area (Å²) >= 11 is 3.30. The lowest BCUT2D eigenvalue weighted by Gasteiger charge is -2.25. The van der Waals surface area contributed by atoms with Crippen LogP contribution in [0.4, 0.5) is 5.69 Å². The van der Waals surface area contributed by atoms with Gasteiger partial charge in [0.2, 0.25) is 0 Å². The van der Waals surface area contributed by atoms with Crippen molar-refractivity contribution in [2.24, 2.45) is 5.73 Å². The number of benzene rings is 2. The Bertz CT molecular complexity index is 1440. The maximum atomic E-state index is 10.2. The minimum Gasteiger partial charge on any atom is -0.508 e. The van der Waals surface area contributed by atoms with Crippen molar-refractivity contribution in [3.63, 3.8) is 0 Å². The van der Waals surface area contributed by atoms with Gasteiger partial charge in [-0.15, -0.1) is 23.1 Å². The van der Waals surface area contributed by atoms with E-state index in [-0.39, 0.29) is 11.7 Å². The van der Waals surface area contributed by atoms with Gasteiger partial charge in [0, 0.05) is 47.6 Å². The molecule has 0 saturated heterocycles. The van der Waals surface area contributed by atoms with E-state index in [4.69, 9.17) is 5.73 Å². The molecule has 2 aromatic carbocycles. The third-order valence-corrected chi connectivity index (χ3v) is 8.74. The predicted octanol–water partition coefficient (Wildman–Crippen LogP) is 7.07. The Kier molecular flexibility index (Phi) is 9.08. The summed E-state index contributed by atoms with van der Waals surface area (Å²) in [5.41, 5.74) is 12.0. The van der Waals surface area contributed by atoms with Gasteiger partial charge < -0.3 is 15.3 Å². The molecule has 0 spiro atoms. The third kappa shape index (κ3) is 6.20. The van der Waals surface area contributed by atoms with Crippen LogP contribution in [0.25, 0.3) is 22.3 Å². The van der Waals surface area contributed by atoms with E-state index >= 15 is 0 Å². The molecule has 0 bridgehead atoms. The van der Waals surface area contributed by atoms with Crippen molar-refractivity contribution >= 4 is 28.8 Å². The SMILES string of the molecule is CCC(/C=C\N(C)C(N)Nc1cccc(O)c1)c1sc(SC)c(C#N)c1-c1cccc(-c2ccncc2)c1. The highest BCUT2D eigenvalue weighted by molar-refractivity contribution is 8.00. The topological polar surface area (TPSA) is 98.2 Å². The molecule has 194 valence electrons. The number of phenolic OH excluding ortho intramolecular Hbond substituents is 1. The van der Waals surface area contributed by atoms with Gasteiger partial charge in [-0.3, -0.25) is 10.7 Å². The van der Waals surface area contributed by atoms with Crippen LogP contribution in [0.1, 0.15) is 29.7 Å². The zero-order chi connectivity index (χ0) is 27.1. The number of aromatic nitrogens is 1. The number of aromatic hydroxyl groups is 1. The van der Waals surface area contributed by atoms with Gasteiger partial charge in [-0.25, -0.2) is 0 Å². The molecule has 0 amide bonds. The smallest absolute Gasteiger partial charge is 0.152 e. The summed E-state index contributed by atoms with van der Waals surface area (Å²) in [4.78, 5) is 7.20. The first-order valence-corrected chi connectivity index (χ1v) is 14.3. The molecule has 2 aromatic heterocycles. The highest BCUT2D eigenvalue weighted by Crippen LogP contribution is 2.46. The van der Waals surface area contributed by atoms with E-state index in [9.17, 15) is 10.4 Å². The summed E-state index contributed by atoms with van der Waals surface area (Å²) in [5, 5.41) is 23.1. The quantitative estimate of drug-likeness (QED) is 0.146. The predicted molar refractivity (Wildman–Crippen MR) is 159 cm³/mol. The summed E-state index contributed by atoms with van der Waals surface area (Å²) in [7, 11) is 1.91. The number of phenols is 1. The highest BCUT2D eigenvalue weighted by atomic mass is 32.2. The molecular formula is C30H31N5OS2. The molecule has 0 radical (unpaired) electrons. The van der Waals surface area contributed by atoms with Gasteiger partial charge in [0.1, 0.15) is 11.8 Å². The van der Waals surface area contributed by atoms with Crippen molar-refractivity contribution in [1.82, 2.24) is 9.88 Å². The van der Waals surface area contributed by atoms with Crippen LogP contribution in [0.15, 0.2) is 89.5 Å². The Morgan fingerprint density at radius 3 is 2.55 bits per heavy atom. The Labute approximate surface area is 232 Å². The van der Waals surface area contributed by atoms with Crippen LogP contribution in [0.5, 0.6) is 5.75 Å². The molecule has 4 N–H and O–H groups in total. The lowest BCUT2D eigenvalue weighted by molar-refractivity contribution is 0.368. The number of hydrogen-bond acceptors (Lipinski definition) is 8. The first-order valence-electron chi connectivity index (χ1n) is 12.3. The standard InChI is InChI=1S/C30H31N5OS2/c1-4-20(13-16-35(2)30(32)34-24-9-6-10-25(36)18-24)28-27(26(19-31)29(37-3)38-28)23-8-5-7-22(17-23)21-11-14-33-15-12-21/h5-18,20,30,34,36H,4,32H2,1-3H3/b16-13-.